The predicted octanol–water partition coefficient (Wildman–Crippen LogP) is 1.85. The smallest absolute Gasteiger partial charge is 0.429 e. The third-order valence-corrected chi connectivity index (χ3v) is 3.54. The van der Waals surface area contributed by atoms with Gasteiger partial charge in [0.1, 0.15) is 0 Å². The van der Waals surface area contributed by atoms with Gasteiger partial charge in [0.2, 0.25) is 0 Å². The number of benzene rings is 2. The molecule has 0 unspecified atom stereocenters. The molecule has 4 heteroatoms. The Morgan fingerprint density at radius 3 is 1.91 bits per heavy atom. The second-order valence-electron chi connectivity index (χ2n) is 5.29. The highest BCUT2D eigenvalue weighted by Gasteiger charge is 2.25. The van der Waals surface area contributed by atoms with Crippen molar-refractivity contribution in [3.05, 3.63) is 60.7 Å². The summed E-state index contributed by atoms with van der Waals surface area (Å²) < 4.78 is 5.73. The molecule has 0 radical (unpaired) electrons. The molecule has 0 aromatic heterocycles. The molecule has 0 saturated carbocycles. The molecule has 0 atom stereocenters. The summed E-state index contributed by atoms with van der Waals surface area (Å²) >= 11 is 0. The first kappa shape index (κ1) is 16.3. The summed E-state index contributed by atoms with van der Waals surface area (Å²) in [6, 6.07) is 19.7. The van der Waals surface area contributed by atoms with Crippen molar-refractivity contribution in [2.24, 2.45) is 5.73 Å². The van der Waals surface area contributed by atoms with Gasteiger partial charge in [-0.05, 0) is 30.3 Å². The summed E-state index contributed by atoms with van der Waals surface area (Å²) in [5, 5.41) is 0. The second-order valence-corrected chi connectivity index (χ2v) is 5.29. The van der Waals surface area contributed by atoms with Crippen LogP contribution in [0.2, 0.25) is 0 Å². The van der Waals surface area contributed by atoms with E-state index in [0.29, 0.717) is 13.0 Å². The van der Waals surface area contributed by atoms with Gasteiger partial charge in [-0.15, -0.1) is 0 Å². The Morgan fingerprint density at radius 1 is 0.864 bits per heavy atom. The SMILES string of the molecule is NCCCCCC(=O)OB(c1ccccc1)c1ccccc1. The van der Waals surface area contributed by atoms with Crippen molar-refractivity contribution in [2.75, 3.05) is 6.54 Å². The van der Waals surface area contributed by atoms with Gasteiger partial charge < -0.3 is 10.4 Å². The lowest BCUT2D eigenvalue weighted by molar-refractivity contribution is -0.134. The lowest BCUT2D eigenvalue weighted by Crippen LogP contribution is -2.46. The molecule has 0 fully saturated rings. The summed E-state index contributed by atoms with van der Waals surface area (Å²) in [5.41, 5.74) is 7.44. The molecule has 0 spiro atoms. The Hall–Kier alpha value is -2.07. The lowest BCUT2D eigenvalue weighted by atomic mass is 9.55. The van der Waals surface area contributed by atoms with Crippen LogP contribution in [0.3, 0.4) is 0 Å². The quantitative estimate of drug-likeness (QED) is 0.597. The van der Waals surface area contributed by atoms with E-state index >= 15 is 0 Å². The van der Waals surface area contributed by atoms with Crippen molar-refractivity contribution in [3.8, 4) is 0 Å². The molecule has 0 heterocycles. The summed E-state index contributed by atoms with van der Waals surface area (Å²) in [5.74, 6) is -0.158. The normalized spacial score (nSPS) is 10.2. The largest absolute Gasteiger partial charge is 0.526 e. The van der Waals surface area contributed by atoms with Gasteiger partial charge in [0.25, 0.3) is 5.97 Å². The minimum Gasteiger partial charge on any atom is -0.526 e. The Kier molecular flexibility index (Phi) is 6.71. The van der Waals surface area contributed by atoms with Crippen LogP contribution in [-0.4, -0.2) is 19.4 Å². The van der Waals surface area contributed by atoms with Crippen LogP contribution < -0.4 is 16.7 Å². The highest BCUT2D eigenvalue weighted by molar-refractivity contribution is 6.81. The second kappa shape index (κ2) is 9.06. The Balaban J connectivity index is 2.04. The molecule has 0 aliphatic carbocycles. The summed E-state index contributed by atoms with van der Waals surface area (Å²) in [4.78, 5) is 12.1. The zero-order valence-corrected chi connectivity index (χ0v) is 12.8. The first-order chi connectivity index (χ1) is 10.8. The number of hydrogen-bond acceptors (Lipinski definition) is 3. The van der Waals surface area contributed by atoms with Gasteiger partial charge in [-0.3, -0.25) is 4.79 Å². The zero-order valence-electron chi connectivity index (χ0n) is 12.8. The molecule has 114 valence electrons. The number of rotatable bonds is 8. The molecular weight excluding hydrogens is 273 g/mol. The summed E-state index contributed by atoms with van der Waals surface area (Å²) in [6.07, 6.45) is 3.18. The first-order valence-electron chi connectivity index (χ1n) is 7.80. The first-order valence-corrected chi connectivity index (χ1v) is 7.80. The maximum atomic E-state index is 12.1. The minimum absolute atomic E-state index is 0.158. The van der Waals surface area contributed by atoms with Crippen LogP contribution in [0.15, 0.2) is 60.7 Å². The summed E-state index contributed by atoms with van der Waals surface area (Å²) in [6.45, 7) is 0.329. The average molecular weight is 295 g/mol. The van der Waals surface area contributed by atoms with Crippen LogP contribution in [0.4, 0.5) is 0 Å². The van der Waals surface area contributed by atoms with Crippen LogP contribution in [0.25, 0.3) is 0 Å². The highest BCUT2D eigenvalue weighted by atomic mass is 16.5. The molecule has 3 nitrogen and oxygen atoms in total. The zero-order chi connectivity index (χ0) is 15.6. The fourth-order valence-corrected chi connectivity index (χ4v) is 2.37. The number of nitrogens with two attached hydrogens (primary N) is 1. The molecule has 0 bridgehead atoms. The maximum Gasteiger partial charge on any atom is 0.429 e. The Labute approximate surface area is 132 Å². The van der Waals surface area contributed by atoms with Gasteiger partial charge in [-0.2, -0.15) is 0 Å². The molecule has 0 aliphatic heterocycles. The van der Waals surface area contributed by atoms with Crippen molar-refractivity contribution >= 4 is 23.8 Å². The average Bonchev–Trinajstić information content (AvgIpc) is 2.58. The molecule has 0 aliphatic rings. The molecule has 2 aromatic rings. The van der Waals surface area contributed by atoms with Crippen LogP contribution in [0.5, 0.6) is 0 Å². The molecule has 0 saturated heterocycles. The van der Waals surface area contributed by atoms with E-state index in [1.165, 1.54) is 0 Å². The number of carbonyl (C=O) groups is 1. The van der Waals surface area contributed by atoms with E-state index in [9.17, 15) is 4.79 Å². The molecule has 2 N–H and O–H groups in total. The van der Waals surface area contributed by atoms with E-state index in [-0.39, 0.29) is 12.9 Å². The third kappa shape index (κ3) is 5.04. The standard InChI is InChI=1S/C18H22BNO2/c20-15-9-3-8-14-18(21)22-19(16-10-4-1-5-11-16)17-12-6-2-7-13-17/h1-2,4-7,10-13H,3,8-9,14-15,20H2. The van der Waals surface area contributed by atoms with Gasteiger partial charge in [0.15, 0.2) is 0 Å². The van der Waals surface area contributed by atoms with E-state index in [2.05, 4.69) is 0 Å². The van der Waals surface area contributed by atoms with Gasteiger partial charge in [-0.1, -0.05) is 67.1 Å². The molecule has 0 amide bonds. The van der Waals surface area contributed by atoms with Crippen LogP contribution >= 0.6 is 0 Å². The van der Waals surface area contributed by atoms with Crippen molar-refractivity contribution in [3.63, 3.8) is 0 Å². The Bertz CT molecular complexity index is 520. The number of hydrogen-bond donors (Lipinski definition) is 1. The molecule has 22 heavy (non-hydrogen) atoms. The molecule has 2 rings (SSSR count). The van der Waals surface area contributed by atoms with E-state index < -0.39 is 0 Å². The van der Waals surface area contributed by atoms with E-state index in [4.69, 9.17) is 10.4 Å². The van der Waals surface area contributed by atoms with E-state index in [1.54, 1.807) is 0 Å². The topological polar surface area (TPSA) is 52.3 Å². The van der Waals surface area contributed by atoms with Crippen molar-refractivity contribution in [1.29, 1.82) is 0 Å². The molecule has 2 aromatic carbocycles. The number of unbranched alkanes of at least 4 members (excludes halogenated alkanes) is 2. The fourth-order valence-electron chi connectivity index (χ4n) is 2.37. The van der Waals surface area contributed by atoms with Crippen molar-refractivity contribution < 1.29 is 9.45 Å². The van der Waals surface area contributed by atoms with Crippen molar-refractivity contribution in [1.82, 2.24) is 0 Å². The number of carbonyl (C=O) groups excluding carboxylic acids is 1. The molecular formula is C18H22BNO2. The van der Waals surface area contributed by atoms with Crippen molar-refractivity contribution in [2.45, 2.75) is 25.7 Å². The van der Waals surface area contributed by atoms with Crippen LogP contribution in [0, 0.1) is 0 Å². The summed E-state index contributed by atoms with van der Waals surface area (Å²) in [7, 11) is 0. The van der Waals surface area contributed by atoms with Crippen LogP contribution in [-0.2, 0) is 9.45 Å². The third-order valence-electron chi connectivity index (χ3n) is 3.54. The van der Waals surface area contributed by atoms with Gasteiger partial charge >= 0.3 is 6.92 Å². The van der Waals surface area contributed by atoms with E-state index in [0.717, 1.165) is 30.2 Å². The highest BCUT2D eigenvalue weighted by Crippen LogP contribution is 2.03. The maximum absolute atomic E-state index is 12.1. The lowest BCUT2D eigenvalue weighted by Gasteiger charge is -2.15. The van der Waals surface area contributed by atoms with Gasteiger partial charge in [-0.25, -0.2) is 0 Å². The van der Waals surface area contributed by atoms with Gasteiger partial charge in [0.05, 0.1) is 0 Å². The Morgan fingerprint density at radius 2 is 1.41 bits per heavy atom. The van der Waals surface area contributed by atoms with E-state index in [1.807, 2.05) is 60.7 Å². The predicted molar refractivity (Wildman–Crippen MR) is 91.5 cm³/mol. The minimum atomic E-state index is -0.343. The van der Waals surface area contributed by atoms with Crippen LogP contribution in [0.1, 0.15) is 25.7 Å². The van der Waals surface area contributed by atoms with Gasteiger partial charge in [0, 0.05) is 6.42 Å². The fraction of sp³-hybridized carbons (Fsp3) is 0.278. The monoisotopic (exact) mass is 295 g/mol.